The third-order valence-electron chi connectivity index (χ3n) is 5.23. The molecule has 2 aliphatic heterocycles. The molecule has 1 saturated heterocycles. The molecule has 0 aromatic heterocycles. The number of carbonyl (C=O) groups excluding carboxylic acids is 1. The molecule has 4 rings (SSSR count). The normalized spacial score (nSPS) is 17.4. The van der Waals surface area contributed by atoms with Crippen LogP contribution in [0.4, 0.5) is 0 Å². The highest BCUT2D eigenvalue weighted by Crippen LogP contribution is 2.38. The van der Waals surface area contributed by atoms with Crippen LogP contribution in [-0.4, -0.2) is 43.2 Å². The van der Waals surface area contributed by atoms with Crippen LogP contribution in [0.15, 0.2) is 48.5 Å². The summed E-state index contributed by atoms with van der Waals surface area (Å²) in [5.74, 6) is 1.11. The minimum absolute atomic E-state index is 0.0856. The maximum atomic E-state index is 12.3. The van der Waals surface area contributed by atoms with Gasteiger partial charge in [0.25, 0.3) is 0 Å². The summed E-state index contributed by atoms with van der Waals surface area (Å²) >= 11 is 6.25. The van der Waals surface area contributed by atoms with Gasteiger partial charge in [-0.3, -0.25) is 9.69 Å². The number of hydrogen-bond acceptors (Lipinski definition) is 4. The molecule has 0 spiro atoms. The number of carbonyl (C=O) groups is 1. The van der Waals surface area contributed by atoms with Crippen LogP contribution in [0.2, 0.25) is 5.02 Å². The molecule has 152 valence electrons. The Kier molecular flexibility index (Phi) is 6.37. The summed E-state index contributed by atoms with van der Waals surface area (Å²) in [6.45, 7) is 3.93. The number of amides is 1. The molecule has 2 heterocycles. The van der Waals surface area contributed by atoms with Crippen molar-refractivity contribution in [1.29, 1.82) is 0 Å². The lowest BCUT2D eigenvalue weighted by Crippen LogP contribution is -2.43. The van der Waals surface area contributed by atoms with Crippen LogP contribution in [0.1, 0.15) is 24.0 Å². The number of nitrogens with one attached hydrogen (secondary N) is 1. The monoisotopic (exact) mass is 412 g/mol. The molecule has 0 radical (unpaired) electrons. The van der Waals surface area contributed by atoms with Gasteiger partial charge in [0, 0.05) is 31.8 Å². The van der Waals surface area contributed by atoms with Crippen molar-refractivity contribution >= 4 is 23.6 Å². The topological polar surface area (TPSA) is 50.8 Å². The van der Waals surface area contributed by atoms with E-state index < -0.39 is 0 Å². The molecule has 5 nitrogen and oxygen atoms in total. The number of halogens is 1. The minimum atomic E-state index is -0.0856. The van der Waals surface area contributed by atoms with Gasteiger partial charge in [-0.05, 0) is 42.2 Å². The van der Waals surface area contributed by atoms with Crippen molar-refractivity contribution in [2.24, 2.45) is 0 Å². The number of hydrogen-bond donors (Lipinski definition) is 1. The van der Waals surface area contributed by atoms with E-state index in [1.54, 1.807) is 18.2 Å². The zero-order valence-electron chi connectivity index (χ0n) is 16.3. The Morgan fingerprint density at radius 3 is 2.69 bits per heavy atom. The van der Waals surface area contributed by atoms with E-state index in [0.29, 0.717) is 29.7 Å². The van der Waals surface area contributed by atoms with E-state index in [1.807, 2.05) is 12.1 Å². The largest absolute Gasteiger partial charge is 0.486 e. The molecule has 2 aromatic rings. The molecule has 1 fully saturated rings. The first-order valence-corrected chi connectivity index (χ1v) is 10.4. The van der Waals surface area contributed by atoms with E-state index in [1.165, 1.54) is 5.56 Å². The van der Waals surface area contributed by atoms with E-state index in [0.717, 1.165) is 38.0 Å². The molecule has 29 heavy (non-hydrogen) atoms. The van der Waals surface area contributed by atoms with Gasteiger partial charge in [-0.15, -0.1) is 0 Å². The standard InChI is InChI=1S/C23H25ClN2O3/c24-20-14-18(15-21-23(20)29-13-12-28-21)6-7-22(27)25-19-8-10-26(11-9-19)16-17-4-2-1-3-5-17/h1-7,14-15,19H,8-13,16H2,(H,25,27). The first-order chi connectivity index (χ1) is 14.2. The second kappa shape index (κ2) is 9.33. The number of benzene rings is 2. The predicted molar refractivity (Wildman–Crippen MR) is 114 cm³/mol. The number of nitrogens with zero attached hydrogens (tertiary/aromatic N) is 1. The van der Waals surface area contributed by atoms with E-state index >= 15 is 0 Å². The minimum Gasteiger partial charge on any atom is -0.486 e. The lowest BCUT2D eigenvalue weighted by Gasteiger charge is -2.32. The van der Waals surface area contributed by atoms with Gasteiger partial charge in [0.1, 0.15) is 13.2 Å². The molecule has 1 amide bonds. The summed E-state index contributed by atoms with van der Waals surface area (Å²) in [4.78, 5) is 14.8. The van der Waals surface area contributed by atoms with Crippen molar-refractivity contribution in [2.75, 3.05) is 26.3 Å². The molecular weight excluding hydrogens is 388 g/mol. The highest BCUT2D eigenvalue weighted by Gasteiger charge is 2.20. The highest BCUT2D eigenvalue weighted by molar-refractivity contribution is 6.32. The number of rotatable bonds is 5. The first kappa shape index (κ1) is 19.8. The van der Waals surface area contributed by atoms with E-state index in [-0.39, 0.29) is 11.9 Å². The van der Waals surface area contributed by atoms with Gasteiger partial charge in [-0.2, -0.15) is 0 Å². The Hall–Kier alpha value is -2.50. The lowest BCUT2D eigenvalue weighted by atomic mass is 10.0. The SMILES string of the molecule is O=C(C=Cc1cc(Cl)c2c(c1)OCCO2)NC1CCN(Cc2ccccc2)CC1. The molecule has 0 saturated carbocycles. The molecule has 0 bridgehead atoms. The Morgan fingerprint density at radius 2 is 1.90 bits per heavy atom. The lowest BCUT2D eigenvalue weighted by molar-refractivity contribution is -0.117. The van der Waals surface area contributed by atoms with Crippen molar-refractivity contribution in [3.8, 4) is 11.5 Å². The van der Waals surface area contributed by atoms with Crippen molar-refractivity contribution in [2.45, 2.75) is 25.4 Å². The van der Waals surface area contributed by atoms with Crippen molar-refractivity contribution < 1.29 is 14.3 Å². The second-order valence-electron chi connectivity index (χ2n) is 7.40. The quantitative estimate of drug-likeness (QED) is 0.756. The van der Waals surface area contributed by atoms with E-state index in [2.05, 4.69) is 34.5 Å². The van der Waals surface area contributed by atoms with Crippen molar-refractivity contribution in [3.05, 3.63) is 64.7 Å². The fourth-order valence-electron chi connectivity index (χ4n) is 3.73. The zero-order chi connectivity index (χ0) is 20.1. The Balaban J connectivity index is 1.27. The first-order valence-electron chi connectivity index (χ1n) is 10.0. The van der Waals surface area contributed by atoms with Crippen LogP contribution in [0, 0.1) is 0 Å². The fourth-order valence-corrected chi connectivity index (χ4v) is 4.00. The average Bonchev–Trinajstić information content (AvgIpc) is 2.74. The summed E-state index contributed by atoms with van der Waals surface area (Å²) in [6, 6.07) is 14.3. The van der Waals surface area contributed by atoms with Crippen LogP contribution < -0.4 is 14.8 Å². The summed E-state index contributed by atoms with van der Waals surface area (Å²) in [5, 5.41) is 3.60. The molecular formula is C23H25ClN2O3. The van der Waals surface area contributed by atoms with Crippen molar-refractivity contribution in [1.82, 2.24) is 10.2 Å². The van der Waals surface area contributed by atoms with Crippen LogP contribution in [-0.2, 0) is 11.3 Å². The average molecular weight is 413 g/mol. The molecule has 1 N–H and O–H groups in total. The Labute approximate surface area is 176 Å². The maximum Gasteiger partial charge on any atom is 0.244 e. The molecule has 2 aliphatic rings. The molecule has 0 unspecified atom stereocenters. The second-order valence-corrected chi connectivity index (χ2v) is 7.81. The molecule has 6 heteroatoms. The van der Waals surface area contributed by atoms with Gasteiger partial charge in [-0.1, -0.05) is 41.9 Å². The van der Waals surface area contributed by atoms with E-state index in [4.69, 9.17) is 21.1 Å². The van der Waals surface area contributed by atoms with Crippen LogP contribution >= 0.6 is 11.6 Å². The smallest absolute Gasteiger partial charge is 0.244 e. The molecule has 2 aromatic carbocycles. The van der Waals surface area contributed by atoms with E-state index in [9.17, 15) is 4.79 Å². The highest BCUT2D eigenvalue weighted by atomic mass is 35.5. The third-order valence-corrected chi connectivity index (χ3v) is 5.51. The van der Waals surface area contributed by atoms with Crippen LogP contribution in [0.5, 0.6) is 11.5 Å². The summed E-state index contributed by atoms with van der Waals surface area (Å²) in [6.07, 6.45) is 5.23. The van der Waals surface area contributed by atoms with Gasteiger partial charge < -0.3 is 14.8 Å². The summed E-state index contributed by atoms with van der Waals surface area (Å²) < 4.78 is 11.1. The number of fused-ring (bicyclic) bond motifs is 1. The molecule has 0 atom stereocenters. The van der Waals surface area contributed by atoms with Gasteiger partial charge in [0.15, 0.2) is 11.5 Å². The number of ether oxygens (including phenoxy) is 2. The summed E-state index contributed by atoms with van der Waals surface area (Å²) in [7, 11) is 0. The maximum absolute atomic E-state index is 12.3. The number of piperidine rings is 1. The number of likely N-dealkylation sites (tertiary alicyclic amines) is 1. The van der Waals surface area contributed by atoms with Crippen LogP contribution in [0.3, 0.4) is 0 Å². The fraction of sp³-hybridized carbons (Fsp3) is 0.348. The third kappa shape index (κ3) is 5.31. The van der Waals surface area contributed by atoms with Gasteiger partial charge in [-0.25, -0.2) is 0 Å². The van der Waals surface area contributed by atoms with Gasteiger partial charge in [0.05, 0.1) is 5.02 Å². The summed E-state index contributed by atoms with van der Waals surface area (Å²) in [5.41, 5.74) is 2.14. The molecule has 0 aliphatic carbocycles. The Bertz CT molecular complexity index is 877. The van der Waals surface area contributed by atoms with Gasteiger partial charge in [0.2, 0.25) is 5.91 Å². The predicted octanol–water partition coefficient (Wildman–Crippen LogP) is 3.91. The zero-order valence-corrected chi connectivity index (χ0v) is 17.0. The van der Waals surface area contributed by atoms with Crippen LogP contribution in [0.25, 0.3) is 6.08 Å². The van der Waals surface area contributed by atoms with Crippen molar-refractivity contribution in [3.63, 3.8) is 0 Å². The van der Waals surface area contributed by atoms with Gasteiger partial charge >= 0.3 is 0 Å². The Morgan fingerprint density at radius 1 is 1.14 bits per heavy atom.